The van der Waals surface area contributed by atoms with E-state index in [1.54, 1.807) is 18.0 Å². The summed E-state index contributed by atoms with van der Waals surface area (Å²) in [5, 5.41) is 10.7. The molecule has 0 saturated heterocycles. The lowest BCUT2D eigenvalue weighted by Gasteiger charge is -2.04. The highest BCUT2D eigenvalue weighted by atomic mass is 35.5. The smallest absolute Gasteiger partial charge is 0.168 e. The molecular formula is C14H15ClN4OS. The van der Waals surface area contributed by atoms with Crippen LogP contribution in [0.2, 0.25) is 5.02 Å². The highest BCUT2D eigenvalue weighted by Gasteiger charge is 2.11. The van der Waals surface area contributed by atoms with Gasteiger partial charge in [0.05, 0.1) is 35.3 Å². The molecule has 0 saturated carbocycles. The molecule has 2 heterocycles. The first-order valence-electron chi connectivity index (χ1n) is 6.45. The Morgan fingerprint density at radius 3 is 2.81 bits per heavy atom. The van der Waals surface area contributed by atoms with E-state index in [0.29, 0.717) is 10.8 Å². The van der Waals surface area contributed by atoms with E-state index >= 15 is 0 Å². The molecular weight excluding hydrogens is 308 g/mol. The zero-order valence-corrected chi connectivity index (χ0v) is 13.3. The molecule has 0 bridgehead atoms. The lowest BCUT2D eigenvalue weighted by molar-refractivity contribution is 0.271. The fourth-order valence-corrected chi connectivity index (χ4v) is 3.31. The van der Waals surface area contributed by atoms with E-state index in [2.05, 4.69) is 14.5 Å². The highest BCUT2D eigenvalue weighted by Crippen LogP contribution is 2.25. The van der Waals surface area contributed by atoms with Gasteiger partial charge in [-0.2, -0.15) is 0 Å². The fraction of sp³-hybridized carbons (Fsp3) is 0.286. The average molecular weight is 323 g/mol. The maximum atomic E-state index is 9.18. The maximum Gasteiger partial charge on any atom is 0.168 e. The summed E-state index contributed by atoms with van der Waals surface area (Å²) >= 11 is 7.60. The zero-order valence-electron chi connectivity index (χ0n) is 11.7. The van der Waals surface area contributed by atoms with Crippen LogP contribution in [0.5, 0.6) is 0 Å². The van der Waals surface area contributed by atoms with E-state index in [0.717, 1.165) is 27.7 Å². The summed E-state index contributed by atoms with van der Waals surface area (Å²) in [7, 11) is 3.90. The topological polar surface area (TPSA) is 55.9 Å². The molecule has 0 radical (unpaired) electrons. The summed E-state index contributed by atoms with van der Waals surface area (Å²) in [6, 6.07) is 5.72. The molecule has 2 aromatic heterocycles. The van der Waals surface area contributed by atoms with Gasteiger partial charge in [-0.3, -0.25) is 0 Å². The van der Waals surface area contributed by atoms with Gasteiger partial charge in [0.2, 0.25) is 0 Å². The molecule has 7 heteroatoms. The molecule has 21 heavy (non-hydrogen) atoms. The molecule has 0 amide bonds. The van der Waals surface area contributed by atoms with Crippen molar-refractivity contribution in [2.24, 2.45) is 14.1 Å². The van der Waals surface area contributed by atoms with Gasteiger partial charge in [-0.25, -0.2) is 9.97 Å². The van der Waals surface area contributed by atoms with Crippen molar-refractivity contribution in [3.8, 4) is 0 Å². The van der Waals surface area contributed by atoms with Crippen LogP contribution in [0, 0.1) is 0 Å². The van der Waals surface area contributed by atoms with E-state index in [1.807, 2.05) is 36.9 Å². The minimum absolute atomic E-state index is 0.00511. The van der Waals surface area contributed by atoms with E-state index < -0.39 is 0 Å². The molecule has 0 fully saturated rings. The number of rotatable bonds is 4. The van der Waals surface area contributed by atoms with Crippen LogP contribution in [0.4, 0.5) is 0 Å². The molecule has 1 aromatic carbocycles. The first-order valence-corrected chi connectivity index (χ1v) is 7.81. The number of fused-ring (bicyclic) bond motifs is 1. The van der Waals surface area contributed by atoms with Gasteiger partial charge in [-0.1, -0.05) is 23.4 Å². The monoisotopic (exact) mass is 322 g/mol. The van der Waals surface area contributed by atoms with Crippen LogP contribution in [-0.4, -0.2) is 24.2 Å². The van der Waals surface area contributed by atoms with E-state index in [4.69, 9.17) is 11.6 Å². The summed E-state index contributed by atoms with van der Waals surface area (Å²) in [6.07, 6.45) is 1.69. The number of aryl methyl sites for hydroxylation is 1. The normalized spacial score (nSPS) is 11.4. The molecule has 0 unspecified atom stereocenters. The van der Waals surface area contributed by atoms with Crippen molar-refractivity contribution in [2.45, 2.75) is 17.5 Å². The first kappa shape index (κ1) is 14.4. The summed E-state index contributed by atoms with van der Waals surface area (Å²) in [6.45, 7) is -0.00511. The average Bonchev–Trinajstić information content (AvgIpc) is 2.97. The summed E-state index contributed by atoms with van der Waals surface area (Å²) in [4.78, 5) is 8.92. The van der Waals surface area contributed by atoms with Crippen LogP contribution < -0.4 is 0 Å². The number of nitrogens with zero attached hydrogens (tertiary/aromatic N) is 4. The zero-order chi connectivity index (χ0) is 15.0. The van der Waals surface area contributed by atoms with Crippen LogP contribution in [-0.2, 0) is 26.5 Å². The van der Waals surface area contributed by atoms with Crippen molar-refractivity contribution in [1.82, 2.24) is 19.1 Å². The molecule has 5 nitrogen and oxygen atoms in total. The van der Waals surface area contributed by atoms with Crippen molar-refractivity contribution >= 4 is 34.4 Å². The number of hydrogen-bond donors (Lipinski definition) is 1. The second-order valence-electron chi connectivity index (χ2n) is 4.76. The second kappa shape index (κ2) is 5.71. The lowest BCUT2D eigenvalue weighted by atomic mass is 10.3. The third-order valence-electron chi connectivity index (χ3n) is 3.47. The highest BCUT2D eigenvalue weighted by molar-refractivity contribution is 7.98. The van der Waals surface area contributed by atoms with Gasteiger partial charge in [0.25, 0.3) is 0 Å². The van der Waals surface area contributed by atoms with Gasteiger partial charge in [0.15, 0.2) is 5.16 Å². The number of aromatic nitrogens is 4. The van der Waals surface area contributed by atoms with Crippen molar-refractivity contribution < 1.29 is 5.11 Å². The summed E-state index contributed by atoms with van der Waals surface area (Å²) in [5.74, 6) is 1.67. The van der Waals surface area contributed by atoms with Gasteiger partial charge >= 0.3 is 0 Å². The van der Waals surface area contributed by atoms with E-state index in [9.17, 15) is 5.11 Å². The number of imidazole rings is 2. The third kappa shape index (κ3) is 2.66. The molecule has 3 aromatic rings. The standard InChI is InChI=1S/C14H15ClN4OS/c1-18-10(7-20)6-16-14(18)21-8-13-17-11-5-9(15)3-4-12(11)19(13)2/h3-6,20H,7-8H2,1-2H3. The van der Waals surface area contributed by atoms with Gasteiger partial charge in [0.1, 0.15) is 5.82 Å². The number of benzene rings is 1. The molecule has 3 rings (SSSR count). The quantitative estimate of drug-likeness (QED) is 0.750. The number of aliphatic hydroxyl groups excluding tert-OH is 1. The largest absolute Gasteiger partial charge is 0.390 e. The molecule has 0 spiro atoms. The molecule has 1 N–H and O–H groups in total. The van der Waals surface area contributed by atoms with Gasteiger partial charge in [-0.15, -0.1) is 0 Å². The minimum atomic E-state index is -0.00511. The van der Waals surface area contributed by atoms with E-state index in [1.165, 1.54) is 0 Å². The lowest BCUT2D eigenvalue weighted by Crippen LogP contribution is -1.99. The minimum Gasteiger partial charge on any atom is -0.390 e. The van der Waals surface area contributed by atoms with Crippen LogP contribution in [0.3, 0.4) is 0 Å². The SMILES string of the molecule is Cn1c(CO)cnc1SCc1nc2cc(Cl)ccc2n1C. The van der Waals surface area contributed by atoms with Crippen LogP contribution in [0.15, 0.2) is 29.6 Å². The Morgan fingerprint density at radius 1 is 1.29 bits per heavy atom. The van der Waals surface area contributed by atoms with Crippen molar-refractivity contribution in [2.75, 3.05) is 0 Å². The van der Waals surface area contributed by atoms with Crippen molar-refractivity contribution in [1.29, 1.82) is 0 Å². The predicted molar refractivity (Wildman–Crippen MR) is 84.4 cm³/mol. The number of hydrogen-bond acceptors (Lipinski definition) is 4. The number of aliphatic hydroxyl groups is 1. The molecule has 0 aliphatic carbocycles. The maximum absolute atomic E-state index is 9.18. The predicted octanol–water partition coefficient (Wildman–Crippen LogP) is 2.74. The molecule has 0 aliphatic heterocycles. The molecule has 0 aliphatic rings. The van der Waals surface area contributed by atoms with Gasteiger partial charge < -0.3 is 14.2 Å². The van der Waals surface area contributed by atoms with Crippen LogP contribution >= 0.6 is 23.4 Å². The Balaban J connectivity index is 1.84. The number of halogens is 1. The Labute approximate surface area is 131 Å². The summed E-state index contributed by atoms with van der Waals surface area (Å²) < 4.78 is 3.96. The first-order chi connectivity index (χ1) is 10.1. The van der Waals surface area contributed by atoms with Crippen LogP contribution in [0.1, 0.15) is 11.5 Å². The fourth-order valence-electron chi connectivity index (χ4n) is 2.19. The number of thioether (sulfide) groups is 1. The van der Waals surface area contributed by atoms with Crippen molar-refractivity contribution in [3.63, 3.8) is 0 Å². The third-order valence-corrected chi connectivity index (χ3v) is 4.74. The van der Waals surface area contributed by atoms with E-state index in [-0.39, 0.29) is 6.61 Å². The van der Waals surface area contributed by atoms with Gasteiger partial charge in [-0.05, 0) is 18.2 Å². The van der Waals surface area contributed by atoms with Gasteiger partial charge in [0, 0.05) is 19.1 Å². The Bertz CT molecular complexity index is 796. The summed E-state index contributed by atoms with van der Waals surface area (Å²) in [5.41, 5.74) is 2.76. The molecule has 0 atom stereocenters. The Kier molecular flexibility index (Phi) is 3.93. The van der Waals surface area contributed by atoms with Crippen molar-refractivity contribution in [3.05, 3.63) is 40.9 Å². The Morgan fingerprint density at radius 2 is 2.10 bits per heavy atom. The Hall–Kier alpha value is -1.50. The van der Waals surface area contributed by atoms with Crippen LogP contribution in [0.25, 0.3) is 11.0 Å². The second-order valence-corrected chi connectivity index (χ2v) is 6.14. The molecule has 110 valence electrons.